The summed E-state index contributed by atoms with van der Waals surface area (Å²) in [6.45, 7) is 1.75. The Bertz CT molecular complexity index is 986. The van der Waals surface area contributed by atoms with Crippen LogP contribution in [0.2, 0.25) is 5.02 Å². The van der Waals surface area contributed by atoms with Crippen LogP contribution in [0.5, 0.6) is 0 Å². The minimum Gasteiger partial charge on any atom is -0.305 e. The second kappa shape index (κ2) is 6.88. The van der Waals surface area contributed by atoms with Gasteiger partial charge in [0.25, 0.3) is 5.91 Å². The Kier molecular flexibility index (Phi) is 4.94. The number of aromatic nitrogens is 3. The summed E-state index contributed by atoms with van der Waals surface area (Å²) in [5, 5.41) is 2.38. The van der Waals surface area contributed by atoms with E-state index in [9.17, 15) is 18.0 Å². The van der Waals surface area contributed by atoms with Crippen LogP contribution in [0.1, 0.15) is 28.7 Å². The van der Waals surface area contributed by atoms with E-state index in [2.05, 4.69) is 31.2 Å². The van der Waals surface area contributed by atoms with E-state index in [0.717, 1.165) is 21.1 Å². The third kappa shape index (κ3) is 3.54. The molecule has 0 radical (unpaired) electrons. The van der Waals surface area contributed by atoms with Crippen LogP contribution in [0.4, 0.5) is 19.0 Å². The Morgan fingerprint density at radius 2 is 2.12 bits per heavy atom. The number of amides is 1. The SMILES string of the molecule is CCc1nc2c(Cl)cc(C(F)(F)F)cn2c1C(=O)Nc1ccc(Br)cn1. The fourth-order valence-corrected chi connectivity index (χ4v) is 2.90. The molecule has 0 aliphatic carbocycles. The lowest BCUT2D eigenvalue weighted by molar-refractivity contribution is -0.137. The predicted octanol–water partition coefficient (Wildman–Crippen LogP) is 4.98. The summed E-state index contributed by atoms with van der Waals surface area (Å²) in [5.41, 5.74) is -0.558. The van der Waals surface area contributed by atoms with Gasteiger partial charge in [-0.05, 0) is 40.5 Å². The summed E-state index contributed by atoms with van der Waals surface area (Å²) in [7, 11) is 0. The van der Waals surface area contributed by atoms with Gasteiger partial charge in [0.2, 0.25) is 0 Å². The standard InChI is InChI=1S/C16H11BrClF3N4O/c1-2-11-13(15(26)24-12-4-3-9(17)6-22-12)25-7-8(16(19,20)21)5-10(18)14(25)23-11/h3-7H,2H2,1H3,(H,22,24,26). The van der Waals surface area contributed by atoms with Gasteiger partial charge in [-0.1, -0.05) is 18.5 Å². The number of carbonyl (C=O) groups is 1. The Balaban J connectivity index is 2.12. The summed E-state index contributed by atoms with van der Waals surface area (Å²) in [6.07, 6.45) is -1.95. The molecule has 3 aromatic heterocycles. The van der Waals surface area contributed by atoms with Crippen LogP contribution in [-0.4, -0.2) is 20.3 Å². The highest BCUT2D eigenvalue weighted by molar-refractivity contribution is 9.10. The third-order valence-electron chi connectivity index (χ3n) is 3.59. The molecule has 26 heavy (non-hydrogen) atoms. The molecule has 0 aliphatic heterocycles. The zero-order valence-corrected chi connectivity index (χ0v) is 15.6. The van der Waals surface area contributed by atoms with Crippen LogP contribution >= 0.6 is 27.5 Å². The van der Waals surface area contributed by atoms with Gasteiger partial charge in [-0.15, -0.1) is 0 Å². The molecule has 0 saturated carbocycles. The zero-order chi connectivity index (χ0) is 19.1. The van der Waals surface area contributed by atoms with E-state index in [4.69, 9.17) is 11.6 Å². The van der Waals surface area contributed by atoms with Gasteiger partial charge in [0.05, 0.1) is 16.3 Å². The van der Waals surface area contributed by atoms with Gasteiger partial charge in [-0.25, -0.2) is 9.97 Å². The highest BCUT2D eigenvalue weighted by Crippen LogP contribution is 2.33. The van der Waals surface area contributed by atoms with Crippen molar-refractivity contribution in [3.05, 3.63) is 57.0 Å². The maximum atomic E-state index is 13.1. The molecule has 0 fully saturated rings. The molecule has 1 amide bonds. The van der Waals surface area contributed by atoms with E-state index in [-0.39, 0.29) is 22.2 Å². The first-order chi connectivity index (χ1) is 12.2. The molecule has 136 valence electrons. The minimum absolute atomic E-state index is 0.0137. The molecule has 0 bridgehead atoms. The molecule has 0 aliphatic rings. The monoisotopic (exact) mass is 446 g/mol. The minimum atomic E-state index is -4.60. The molecular formula is C16H11BrClF3N4O. The van der Waals surface area contributed by atoms with Crippen LogP contribution in [0, 0.1) is 0 Å². The van der Waals surface area contributed by atoms with E-state index in [0.29, 0.717) is 12.1 Å². The maximum absolute atomic E-state index is 13.1. The fourth-order valence-electron chi connectivity index (χ4n) is 2.42. The van der Waals surface area contributed by atoms with Gasteiger partial charge in [-0.2, -0.15) is 13.2 Å². The fraction of sp³-hybridized carbons (Fsp3) is 0.188. The number of hydrogen-bond donors (Lipinski definition) is 1. The van der Waals surface area contributed by atoms with E-state index in [1.807, 2.05) is 0 Å². The van der Waals surface area contributed by atoms with Crippen molar-refractivity contribution < 1.29 is 18.0 Å². The Labute approximate surface area is 159 Å². The zero-order valence-electron chi connectivity index (χ0n) is 13.2. The number of pyridine rings is 2. The highest BCUT2D eigenvalue weighted by atomic mass is 79.9. The van der Waals surface area contributed by atoms with Crippen LogP contribution in [0.15, 0.2) is 35.1 Å². The maximum Gasteiger partial charge on any atom is 0.417 e. The van der Waals surface area contributed by atoms with Gasteiger partial charge in [0, 0.05) is 16.9 Å². The van der Waals surface area contributed by atoms with Gasteiger partial charge >= 0.3 is 6.18 Å². The van der Waals surface area contributed by atoms with Crippen molar-refractivity contribution >= 4 is 44.9 Å². The Hall–Kier alpha value is -2.13. The molecule has 3 rings (SSSR count). The normalized spacial score (nSPS) is 11.8. The lowest BCUT2D eigenvalue weighted by Gasteiger charge is -2.10. The molecule has 3 aromatic rings. The van der Waals surface area contributed by atoms with Gasteiger partial charge < -0.3 is 5.32 Å². The lowest BCUT2D eigenvalue weighted by atomic mass is 10.2. The van der Waals surface area contributed by atoms with Crippen molar-refractivity contribution in [2.45, 2.75) is 19.5 Å². The summed E-state index contributed by atoms with van der Waals surface area (Å²) < 4.78 is 41.1. The third-order valence-corrected chi connectivity index (χ3v) is 4.34. The molecule has 0 atom stereocenters. The van der Waals surface area contributed by atoms with Gasteiger partial charge in [0.1, 0.15) is 11.5 Å². The van der Waals surface area contributed by atoms with Crippen molar-refractivity contribution in [3.63, 3.8) is 0 Å². The Morgan fingerprint density at radius 3 is 2.69 bits per heavy atom. The second-order valence-electron chi connectivity index (χ2n) is 5.34. The van der Waals surface area contributed by atoms with E-state index in [1.165, 1.54) is 6.20 Å². The molecule has 0 saturated heterocycles. The number of alkyl halides is 3. The summed E-state index contributed by atoms with van der Waals surface area (Å²) in [4.78, 5) is 20.9. The van der Waals surface area contributed by atoms with Crippen LogP contribution < -0.4 is 5.32 Å². The van der Waals surface area contributed by atoms with Crippen molar-refractivity contribution in [1.29, 1.82) is 0 Å². The summed E-state index contributed by atoms with van der Waals surface area (Å²) in [5.74, 6) is -0.368. The predicted molar refractivity (Wildman–Crippen MR) is 94.5 cm³/mol. The molecule has 0 spiro atoms. The Morgan fingerprint density at radius 1 is 1.38 bits per heavy atom. The summed E-state index contributed by atoms with van der Waals surface area (Å²) >= 11 is 9.19. The largest absolute Gasteiger partial charge is 0.417 e. The van der Waals surface area contributed by atoms with Crippen molar-refractivity contribution in [2.24, 2.45) is 0 Å². The number of rotatable bonds is 3. The van der Waals surface area contributed by atoms with Gasteiger partial charge in [-0.3, -0.25) is 9.20 Å². The van der Waals surface area contributed by atoms with Gasteiger partial charge in [0.15, 0.2) is 5.65 Å². The first-order valence-corrected chi connectivity index (χ1v) is 8.58. The topological polar surface area (TPSA) is 59.3 Å². The smallest absolute Gasteiger partial charge is 0.305 e. The number of fused-ring (bicyclic) bond motifs is 1. The van der Waals surface area contributed by atoms with E-state index >= 15 is 0 Å². The van der Waals surface area contributed by atoms with E-state index < -0.39 is 17.6 Å². The lowest BCUT2D eigenvalue weighted by Crippen LogP contribution is -2.17. The number of nitrogens with one attached hydrogen (secondary N) is 1. The molecule has 10 heteroatoms. The molecule has 0 aromatic carbocycles. The van der Waals surface area contributed by atoms with Crippen molar-refractivity contribution in [2.75, 3.05) is 5.32 Å². The number of hydrogen-bond acceptors (Lipinski definition) is 3. The van der Waals surface area contributed by atoms with E-state index in [1.54, 1.807) is 19.1 Å². The molecule has 5 nitrogen and oxygen atoms in total. The highest BCUT2D eigenvalue weighted by Gasteiger charge is 2.33. The molecular weight excluding hydrogens is 437 g/mol. The van der Waals surface area contributed by atoms with Crippen LogP contribution in [-0.2, 0) is 12.6 Å². The van der Waals surface area contributed by atoms with Crippen molar-refractivity contribution in [3.8, 4) is 0 Å². The number of aryl methyl sites for hydroxylation is 1. The first-order valence-electron chi connectivity index (χ1n) is 7.41. The average molecular weight is 448 g/mol. The van der Waals surface area contributed by atoms with Crippen LogP contribution in [0.25, 0.3) is 5.65 Å². The number of nitrogens with zero attached hydrogens (tertiary/aromatic N) is 3. The van der Waals surface area contributed by atoms with Crippen molar-refractivity contribution in [1.82, 2.24) is 14.4 Å². The molecule has 3 heterocycles. The molecule has 1 N–H and O–H groups in total. The summed E-state index contributed by atoms with van der Waals surface area (Å²) in [6, 6.07) is 4.03. The quantitative estimate of drug-likeness (QED) is 0.616. The second-order valence-corrected chi connectivity index (χ2v) is 6.67. The number of halogens is 5. The molecule has 0 unspecified atom stereocenters. The van der Waals surface area contributed by atoms with Crippen LogP contribution in [0.3, 0.4) is 0 Å². The number of anilines is 1. The average Bonchev–Trinajstić information content (AvgIpc) is 2.95. The first kappa shape index (κ1) is 18.7. The number of imidazole rings is 1. The number of carbonyl (C=O) groups excluding carboxylic acids is 1.